The number of anilines is 1. The molecule has 0 unspecified atom stereocenters. The first-order valence-corrected chi connectivity index (χ1v) is 12.1. The molecular formula is C23H20FN3O3S2. The lowest BCUT2D eigenvalue weighted by Crippen LogP contribution is -2.16. The van der Waals surface area contributed by atoms with Crippen LogP contribution < -0.4 is 9.52 Å². The number of benzene rings is 3. The van der Waals surface area contributed by atoms with Crippen LogP contribution in [0.4, 0.5) is 10.1 Å². The number of thiazole rings is 1. The Morgan fingerprint density at radius 1 is 1.06 bits per heavy atom. The summed E-state index contributed by atoms with van der Waals surface area (Å²) in [6.07, 6.45) is 0. The summed E-state index contributed by atoms with van der Waals surface area (Å²) in [6.45, 7) is 4.69. The van der Waals surface area contributed by atoms with Gasteiger partial charge >= 0.3 is 0 Å². The van der Waals surface area contributed by atoms with Gasteiger partial charge in [-0.2, -0.15) is 4.99 Å². The SMILES string of the molecule is CCn1c(=NC(=O)c2ccc(NS(=O)(=O)c3ccc(F)cc3)cc2)sc2cc(C)ccc21. The van der Waals surface area contributed by atoms with Crippen LogP contribution in [0.2, 0.25) is 0 Å². The van der Waals surface area contributed by atoms with Crippen LogP contribution in [0, 0.1) is 12.7 Å². The average molecular weight is 470 g/mol. The molecule has 0 fully saturated rings. The molecule has 0 atom stereocenters. The minimum Gasteiger partial charge on any atom is -0.317 e. The third kappa shape index (κ3) is 4.49. The lowest BCUT2D eigenvalue weighted by atomic mass is 10.2. The third-order valence-corrected chi connectivity index (χ3v) is 7.30. The lowest BCUT2D eigenvalue weighted by Gasteiger charge is -2.08. The molecule has 164 valence electrons. The highest BCUT2D eigenvalue weighted by Gasteiger charge is 2.15. The molecule has 0 saturated heterocycles. The summed E-state index contributed by atoms with van der Waals surface area (Å²) in [4.78, 5) is 17.6. The zero-order chi connectivity index (χ0) is 22.9. The summed E-state index contributed by atoms with van der Waals surface area (Å²) in [5.74, 6) is -0.933. The summed E-state index contributed by atoms with van der Waals surface area (Å²) in [6, 6.07) is 16.7. The molecule has 4 rings (SSSR count). The molecule has 4 aromatic rings. The van der Waals surface area contributed by atoms with Gasteiger partial charge in [-0.25, -0.2) is 12.8 Å². The zero-order valence-corrected chi connectivity index (χ0v) is 19.0. The van der Waals surface area contributed by atoms with Gasteiger partial charge in [-0.05, 0) is 80.1 Å². The van der Waals surface area contributed by atoms with Gasteiger partial charge in [0.15, 0.2) is 4.80 Å². The van der Waals surface area contributed by atoms with E-state index in [1.807, 2.05) is 30.5 Å². The van der Waals surface area contributed by atoms with E-state index in [1.54, 1.807) is 0 Å². The van der Waals surface area contributed by atoms with Gasteiger partial charge in [-0.15, -0.1) is 0 Å². The summed E-state index contributed by atoms with van der Waals surface area (Å²) in [7, 11) is -3.87. The normalized spacial score (nSPS) is 12.3. The molecule has 6 nitrogen and oxygen atoms in total. The number of nitrogens with zero attached hydrogens (tertiary/aromatic N) is 2. The Morgan fingerprint density at radius 3 is 2.41 bits per heavy atom. The molecule has 0 aliphatic rings. The minimum absolute atomic E-state index is 0.0572. The van der Waals surface area contributed by atoms with Gasteiger partial charge in [0.1, 0.15) is 5.82 Å². The van der Waals surface area contributed by atoms with Crippen molar-refractivity contribution >= 4 is 43.2 Å². The first kappa shape index (κ1) is 21.9. The second kappa shape index (κ2) is 8.68. The fraction of sp³-hybridized carbons (Fsp3) is 0.130. The van der Waals surface area contributed by atoms with Gasteiger partial charge in [0.25, 0.3) is 15.9 Å². The fourth-order valence-corrected chi connectivity index (χ4v) is 5.48. The molecule has 0 saturated carbocycles. The van der Waals surface area contributed by atoms with Crippen LogP contribution in [0.3, 0.4) is 0 Å². The van der Waals surface area contributed by atoms with Crippen molar-refractivity contribution in [3.05, 3.63) is 88.5 Å². The Hall–Kier alpha value is -3.30. The predicted octanol–water partition coefficient (Wildman–Crippen LogP) is 4.71. The average Bonchev–Trinajstić information content (AvgIpc) is 3.10. The number of hydrogen-bond donors (Lipinski definition) is 1. The van der Waals surface area contributed by atoms with Gasteiger partial charge in [0, 0.05) is 17.8 Å². The van der Waals surface area contributed by atoms with Crippen LogP contribution in [0.1, 0.15) is 22.8 Å². The van der Waals surface area contributed by atoms with Crippen molar-refractivity contribution in [1.29, 1.82) is 0 Å². The number of aromatic nitrogens is 1. The minimum atomic E-state index is -3.87. The highest BCUT2D eigenvalue weighted by atomic mass is 32.2. The van der Waals surface area contributed by atoms with Crippen LogP contribution in [0.5, 0.6) is 0 Å². The van der Waals surface area contributed by atoms with Crippen LogP contribution in [0.15, 0.2) is 76.6 Å². The van der Waals surface area contributed by atoms with Crippen molar-refractivity contribution in [2.24, 2.45) is 4.99 Å². The summed E-state index contributed by atoms with van der Waals surface area (Å²) in [5.41, 5.74) is 2.79. The van der Waals surface area contributed by atoms with Crippen molar-refractivity contribution in [2.45, 2.75) is 25.3 Å². The van der Waals surface area contributed by atoms with Gasteiger partial charge in [0.2, 0.25) is 0 Å². The van der Waals surface area contributed by atoms with Crippen molar-refractivity contribution in [3.63, 3.8) is 0 Å². The Bertz CT molecular complexity index is 1470. The van der Waals surface area contributed by atoms with Crippen LogP contribution in [-0.2, 0) is 16.6 Å². The maximum Gasteiger partial charge on any atom is 0.279 e. The molecular weight excluding hydrogens is 449 g/mol. The topological polar surface area (TPSA) is 80.5 Å². The van der Waals surface area contributed by atoms with Crippen molar-refractivity contribution in [2.75, 3.05) is 4.72 Å². The smallest absolute Gasteiger partial charge is 0.279 e. The number of fused-ring (bicyclic) bond motifs is 1. The van der Waals surface area contributed by atoms with E-state index in [1.165, 1.54) is 47.7 Å². The third-order valence-electron chi connectivity index (χ3n) is 4.86. The second-order valence-corrected chi connectivity index (χ2v) is 9.85. The number of amides is 1. The van der Waals surface area contributed by atoms with Gasteiger partial charge in [-0.1, -0.05) is 17.4 Å². The van der Waals surface area contributed by atoms with Crippen molar-refractivity contribution in [3.8, 4) is 0 Å². The van der Waals surface area contributed by atoms with E-state index in [0.29, 0.717) is 16.9 Å². The van der Waals surface area contributed by atoms with Gasteiger partial charge in [0.05, 0.1) is 15.1 Å². The molecule has 0 aliphatic heterocycles. The number of rotatable bonds is 5. The number of halogens is 1. The zero-order valence-electron chi connectivity index (χ0n) is 17.4. The largest absolute Gasteiger partial charge is 0.317 e. The van der Waals surface area contributed by atoms with Crippen LogP contribution >= 0.6 is 11.3 Å². The fourth-order valence-electron chi connectivity index (χ4n) is 3.23. The Morgan fingerprint density at radius 2 is 1.75 bits per heavy atom. The highest BCUT2D eigenvalue weighted by Crippen LogP contribution is 2.20. The molecule has 1 aromatic heterocycles. The lowest BCUT2D eigenvalue weighted by molar-refractivity contribution is 0.0998. The van der Waals surface area contributed by atoms with E-state index in [4.69, 9.17) is 0 Å². The van der Waals surface area contributed by atoms with Gasteiger partial charge < -0.3 is 4.57 Å². The maximum atomic E-state index is 13.0. The molecule has 1 heterocycles. The standard InChI is InChI=1S/C23H20FN3O3S2/c1-3-27-20-13-4-15(2)14-21(20)31-23(27)25-22(28)16-5-9-18(10-6-16)26-32(29,30)19-11-7-17(24)8-12-19/h4-14,26H,3H2,1-2H3. The molecule has 3 aromatic carbocycles. The second-order valence-electron chi connectivity index (χ2n) is 7.15. The number of aryl methyl sites for hydroxylation is 2. The quantitative estimate of drug-likeness (QED) is 0.460. The summed E-state index contributed by atoms with van der Waals surface area (Å²) in [5, 5.41) is 0. The van der Waals surface area contributed by atoms with E-state index >= 15 is 0 Å². The summed E-state index contributed by atoms with van der Waals surface area (Å²) < 4.78 is 43.4. The number of carbonyl (C=O) groups excluding carboxylic acids is 1. The van der Waals surface area contributed by atoms with E-state index in [9.17, 15) is 17.6 Å². The first-order valence-electron chi connectivity index (χ1n) is 9.84. The first-order chi connectivity index (χ1) is 15.3. The van der Waals surface area contributed by atoms with E-state index in [2.05, 4.69) is 15.8 Å². The molecule has 1 amide bonds. The molecule has 1 N–H and O–H groups in total. The Kier molecular flexibility index (Phi) is 5.94. The Balaban J connectivity index is 1.59. The van der Waals surface area contributed by atoms with Crippen molar-refractivity contribution in [1.82, 2.24) is 4.57 Å². The molecule has 0 bridgehead atoms. The number of nitrogens with one attached hydrogen (secondary N) is 1. The molecule has 32 heavy (non-hydrogen) atoms. The Labute approximate surface area is 188 Å². The molecule has 0 spiro atoms. The van der Waals surface area contributed by atoms with Crippen LogP contribution in [-0.4, -0.2) is 18.9 Å². The van der Waals surface area contributed by atoms with E-state index in [-0.39, 0.29) is 10.6 Å². The monoisotopic (exact) mass is 469 g/mol. The number of carbonyl (C=O) groups is 1. The van der Waals surface area contributed by atoms with Gasteiger partial charge in [-0.3, -0.25) is 9.52 Å². The number of sulfonamides is 1. The van der Waals surface area contributed by atoms with Crippen molar-refractivity contribution < 1.29 is 17.6 Å². The predicted molar refractivity (Wildman–Crippen MR) is 124 cm³/mol. The van der Waals surface area contributed by atoms with E-state index in [0.717, 1.165) is 27.9 Å². The maximum absolute atomic E-state index is 13.0. The number of hydrogen-bond acceptors (Lipinski definition) is 4. The van der Waals surface area contributed by atoms with Crippen LogP contribution in [0.25, 0.3) is 10.2 Å². The summed E-state index contributed by atoms with van der Waals surface area (Å²) >= 11 is 1.45. The molecule has 0 radical (unpaired) electrons. The highest BCUT2D eigenvalue weighted by molar-refractivity contribution is 7.92. The van der Waals surface area contributed by atoms with E-state index < -0.39 is 21.7 Å². The molecule has 0 aliphatic carbocycles. The molecule has 9 heteroatoms.